The Morgan fingerprint density at radius 2 is 1.36 bits per heavy atom. The van der Waals surface area contributed by atoms with Gasteiger partial charge in [-0.15, -0.1) is 0 Å². The maximum absolute atomic E-state index is 10.3. The molecule has 0 saturated heterocycles. The molecule has 4 aliphatic carbocycles. The highest BCUT2D eigenvalue weighted by Crippen LogP contribution is 2.80. The molecule has 78 valence electrons. The second-order valence-corrected chi connectivity index (χ2v) is 6.59. The number of rotatable bonds is 2. The molecule has 5 atom stereocenters. The largest absolute Gasteiger partial charge is 0.393 e. The van der Waals surface area contributed by atoms with Gasteiger partial charge >= 0.3 is 0 Å². The number of hydrogen-bond donors (Lipinski definition) is 1. The van der Waals surface area contributed by atoms with Gasteiger partial charge in [-0.2, -0.15) is 0 Å². The molecule has 4 saturated carbocycles. The lowest BCUT2D eigenvalue weighted by Gasteiger charge is -2.30. The molecule has 0 heterocycles. The van der Waals surface area contributed by atoms with Crippen LogP contribution in [0.25, 0.3) is 0 Å². The topological polar surface area (TPSA) is 20.2 Å². The quantitative estimate of drug-likeness (QED) is 0.711. The van der Waals surface area contributed by atoms with Gasteiger partial charge in [0.25, 0.3) is 0 Å². The van der Waals surface area contributed by atoms with E-state index in [2.05, 4.69) is 13.8 Å². The van der Waals surface area contributed by atoms with Gasteiger partial charge in [-0.25, -0.2) is 0 Å². The highest BCUT2D eigenvalue weighted by molar-refractivity contribution is 5.23. The summed E-state index contributed by atoms with van der Waals surface area (Å²) in [4.78, 5) is 0. The van der Waals surface area contributed by atoms with E-state index in [9.17, 15) is 5.11 Å². The van der Waals surface area contributed by atoms with Gasteiger partial charge < -0.3 is 5.11 Å². The predicted octanol–water partition coefficient (Wildman–Crippen LogP) is 2.15. The van der Waals surface area contributed by atoms with Crippen molar-refractivity contribution in [3.8, 4) is 0 Å². The first kappa shape index (κ1) is 8.15. The maximum atomic E-state index is 10.3. The minimum Gasteiger partial charge on any atom is -0.393 e. The summed E-state index contributed by atoms with van der Waals surface area (Å²) < 4.78 is 0. The molecule has 1 nitrogen and oxygen atoms in total. The van der Waals surface area contributed by atoms with E-state index in [-0.39, 0.29) is 6.10 Å². The van der Waals surface area contributed by atoms with Gasteiger partial charge in [-0.3, -0.25) is 0 Å². The van der Waals surface area contributed by atoms with Crippen LogP contribution in [-0.2, 0) is 0 Å². The molecule has 0 aliphatic heterocycles. The van der Waals surface area contributed by atoms with E-state index >= 15 is 0 Å². The number of hydrogen-bond acceptors (Lipinski definition) is 1. The molecule has 0 radical (unpaired) electrons. The minimum atomic E-state index is 0.00519. The molecule has 0 spiro atoms. The van der Waals surface area contributed by atoms with Crippen LogP contribution in [0, 0.1) is 47.3 Å². The summed E-state index contributed by atoms with van der Waals surface area (Å²) in [5.41, 5.74) is 0. The van der Waals surface area contributed by atoms with Gasteiger partial charge in [0.2, 0.25) is 0 Å². The van der Waals surface area contributed by atoms with Crippen molar-refractivity contribution in [3.05, 3.63) is 0 Å². The second kappa shape index (κ2) is 2.21. The fourth-order valence-electron chi connectivity index (χ4n) is 5.17. The third-order valence-corrected chi connectivity index (χ3v) is 5.73. The summed E-state index contributed by atoms with van der Waals surface area (Å²) in [7, 11) is 0. The van der Waals surface area contributed by atoms with Crippen LogP contribution >= 0.6 is 0 Å². The van der Waals surface area contributed by atoms with Gasteiger partial charge in [0.15, 0.2) is 0 Å². The Bertz CT molecular complexity index is 247. The van der Waals surface area contributed by atoms with Crippen molar-refractivity contribution in [2.24, 2.45) is 47.3 Å². The molecule has 0 amide bonds. The van der Waals surface area contributed by atoms with Crippen LogP contribution in [0.15, 0.2) is 0 Å². The molecule has 4 aliphatic rings. The van der Waals surface area contributed by atoms with E-state index in [0.29, 0.717) is 11.8 Å². The Kier molecular flexibility index (Phi) is 1.29. The average molecular weight is 192 g/mol. The van der Waals surface area contributed by atoms with Gasteiger partial charge in [-0.1, -0.05) is 13.8 Å². The summed E-state index contributed by atoms with van der Waals surface area (Å²) in [6.07, 6.45) is 3.04. The number of aliphatic hydroxyl groups excluding tert-OH is 1. The van der Waals surface area contributed by atoms with Crippen molar-refractivity contribution in [3.63, 3.8) is 0 Å². The van der Waals surface area contributed by atoms with Crippen molar-refractivity contribution in [2.45, 2.75) is 32.8 Å². The predicted molar refractivity (Wildman–Crippen MR) is 54.5 cm³/mol. The van der Waals surface area contributed by atoms with E-state index in [4.69, 9.17) is 0 Å². The molecular formula is C13H20O. The normalized spacial score (nSPS) is 63.9. The van der Waals surface area contributed by atoms with Crippen molar-refractivity contribution in [2.75, 3.05) is 0 Å². The Morgan fingerprint density at radius 1 is 0.929 bits per heavy atom. The first-order valence-electron chi connectivity index (χ1n) is 6.38. The summed E-state index contributed by atoms with van der Waals surface area (Å²) in [6.45, 7) is 4.36. The van der Waals surface area contributed by atoms with Crippen molar-refractivity contribution in [1.29, 1.82) is 0 Å². The van der Waals surface area contributed by atoms with E-state index in [1.807, 2.05) is 0 Å². The third-order valence-electron chi connectivity index (χ3n) is 5.73. The van der Waals surface area contributed by atoms with E-state index in [1.54, 1.807) is 0 Å². The molecule has 4 unspecified atom stereocenters. The molecule has 1 N–H and O–H groups in total. The van der Waals surface area contributed by atoms with Gasteiger partial charge in [0, 0.05) is 0 Å². The molecule has 4 fully saturated rings. The smallest absolute Gasteiger partial charge is 0.0596 e. The summed E-state index contributed by atoms with van der Waals surface area (Å²) in [5.74, 6) is 7.32. The highest BCUT2D eigenvalue weighted by atomic mass is 16.3. The Hall–Kier alpha value is -0.0400. The number of aliphatic hydroxyl groups is 1. The first-order chi connectivity index (χ1) is 6.70. The van der Waals surface area contributed by atoms with Crippen LogP contribution < -0.4 is 0 Å². The van der Waals surface area contributed by atoms with E-state index in [1.165, 1.54) is 12.8 Å². The van der Waals surface area contributed by atoms with Crippen LogP contribution in [0.3, 0.4) is 0 Å². The Balaban J connectivity index is 1.65. The van der Waals surface area contributed by atoms with E-state index < -0.39 is 0 Å². The van der Waals surface area contributed by atoms with Gasteiger partial charge in [-0.05, 0) is 60.2 Å². The summed E-state index contributed by atoms with van der Waals surface area (Å²) in [6, 6.07) is 0. The average Bonchev–Trinajstić information content (AvgIpc) is 3.04. The van der Waals surface area contributed by atoms with Crippen LogP contribution in [0.5, 0.6) is 0 Å². The lowest BCUT2D eigenvalue weighted by molar-refractivity contribution is 0.0233. The summed E-state index contributed by atoms with van der Waals surface area (Å²) >= 11 is 0. The fourth-order valence-corrected chi connectivity index (χ4v) is 5.17. The molecular weight excluding hydrogens is 172 g/mol. The molecule has 0 aromatic heterocycles. The molecule has 14 heavy (non-hydrogen) atoms. The standard InChI is InChI=1S/C13H20O/c1-5(2)13(14)12-10-6-3-7(6)11(12)9-4-8(9)10/h5-14H,3-4H2,1-2H3/t6?,7?,8?,9?,10?,11?,12?,13-/m1/s1. The molecule has 0 aromatic rings. The molecule has 0 aromatic carbocycles. The molecule has 1 heteroatoms. The van der Waals surface area contributed by atoms with Crippen molar-refractivity contribution < 1.29 is 5.11 Å². The number of fused-ring (bicyclic) bond motifs is 8. The van der Waals surface area contributed by atoms with Crippen LogP contribution in [0.1, 0.15) is 26.7 Å². The lowest BCUT2D eigenvalue weighted by atomic mass is 9.79. The maximum Gasteiger partial charge on any atom is 0.0596 e. The Labute approximate surface area is 85.9 Å². The first-order valence-corrected chi connectivity index (χ1v) is 6.38. The molecule has 4 rings (SSSR count). The Morgan fingerprint density at radius 3 is 1.71 bits per heavy atom. The van der Waals surface area contributed by atoms with Crippen LogP contribution in [0.4, 0.5) is 0 Å². The van der Waals surface area contributed by atoms with Gasteiger partial charge in [0.05, 0.1) is 6.10 Å². The molecule has 2 bridgehead atoms. The second-order valence-electron chi connectivity index (χ2n) is 6.59. The SMILES string of the molecule is CC(C)[C@@H](O)C1C2C3CC3C1C1CC12. The van der Waals surface area contributed by atoms with Crippen LogP contribution in [-0.4, -0.2) is 11.2 Å². The van der Waals surface area contributed by atoms with E-state index in [0.717, 1.165) is 35.5 Å². The van der Waals surface area contributed by atoms with Crippen molar-refractivity contribution in [1.82, 2.24) is 0 Å². The minimum absolute atomic E-state index is 0.00519. The zero-order valence-electron chi connectivity index (χ0n) is 9.06. The lowest BCUT2D eigenvalue weighted by Crippen LogP contribution is -2.33. The highest BCUT2D eigenvalue weighted by Gasteiger charge is 2.75. The summed E-state index contributed by atoms with van der Waals surface area (Å²) in [5, 5.41) is 10.3. The zero-order chi connectivity index (χ0) is 9.61. The van der Waals surface area contributed by atoms with Crippen molar-refractivity contribution >= 4 is 0 Å². The third kappa shape index (κ3) is 0.743. The van der Waals surface area contributed by atoms with Gasteiger partial charge in [0.1, 0.15) is 0 Å². The van der Waals surface area contributed by atoms with Crippen LogP contribution in [0.2, 0.25) is 0 Å². The fraction of sp³-hybridized carbons (Fsp3) is 1.00. The zero-order valence-corrected chi connectivity index (χ0v) is 9.06. The monoisotopic (exact) mass is 192 g/mol.